The molecule has 2 aromatic rings. The van der Waals surface area contributed by atoms with Gasteiger partial charge in [-0.15, -0.1) is 0 Å². The van der Waals surface area contributed by atoms with Crippen LogP contribution in [0.5, 0.6) is 0 Å². The summed E-state index contributed by atoms with van der Waals surface area (Å²) in [6.45, 7) is 2.05. The molecule has 1 aromatic heterocycles. The van der Waals surface area contributed by atoms with Crippen LogP contribution in [-0.2, 0) is 0 Å². The van der Waals surface area contributed by atoms with Gasteiger partial charge in [-0.1, -0.05) is 15.9 Å². The summed E-state index contributed by atoms with van der Waals surface area (Å²) in [6.07, 6.45) is 1.42. The lowest BCUT2D eigenvalue weighted by atomic mass is 10.2. The molecule has 0 fully saturated rings. The van der Waals surface area contributed by atoms with Gasteiger partial charge in [0.2, 0.25) is 0 Å². The van der Waals surface area contributed by atoms with Crippen molar-refractivity contribution in [1.82, 2.24) is 5.32 Å². The van der Waals surface area contributed by atoms with Crippen molar-refractivity contribution in [2.75, 3.05) is 6.61 Å². The summed E-state index contributed by atoms with van der Waals surface area (Å²) >= 11 is 3.38. The lowest BCUT2D eigenvalue weighted by Crippen LogP contribution is -2.32. The molecule has 0 aliphatic rings. The molecule has 0 aliphatic heterocycles. The summed E-state index contributed by atoms with van der Waals surface area (Å²) < 4.78 is 6.46. The van der Waals surface area contributed by atoms with E-state index in [4.69, 9.17) is 9.52 Å². The Morgan fingerprint density at radius 1 is 1.47 bits per heavy atom. The molecule has 2 rings (SSSR count). The molecule has 1 aromatic carbocycles. The highest BCUT2D eigenvalue weighted by Gasteiger charge is 2.14. The monoisotopic (exact) mass is 325 g/mol. The fraction of sp³-hybridized carbons (Fsp3) is 0.357. The highest BCUT2D eigenvalue weighted by Crippen LogP contribution is 2.23. The van der Waals surface area contributed by atoms with Gasteiger partial charge >= 0.3 is 0 Å². The van der Waals surface area contributed by atoms with Crippen LogP contribution in [0, 0.1) is 0 Å². The number of amides is 1. The number of aliphatic hydroxyl groups excluding tert-OH is 1. The van der Waals surface area contributed by atoms with E-state index in [1.807, 2.05) is 25.1 Å². The van der Waals surface area contributed by atoms with E-state index in [1.165, 1.54) is 0 Å². The molecular formula is C14H16BrNO3. The van der Waals surface area contributed by atoms with Crippen LogP contribution in [0.1, 0.15) is 30.3 Å². The van der Waals surface area contributed by atoms with Crippen molar-refractivity contribution in [2.45, 2.75) is 25.8 Å². The van der Waals surface area contributed by atoms with Gasteiger partial charge in [-0.25, -0.2) is 0 Å². The van der Waals surface area contributed by atoms with Crippen LogP contribution >= 0.6 is 15.9 Å². The summed E-state index contributed by atoms with van der Waals surface area (Å²) in [7, 11) is 0. The first kappa shape index (κ1) is 14.1. The summed E-state index contributed by atoms with van der Waals surface area (Å²) in [6, 6.07) is 7.35. The van der Waals surface area contributed by atoms with Crippen molar-refractivity contribution < 1.29 is 14.3 Å². The van der Waals surface area contributed by atoms with Gasteiger partial charge in [-0.05, 0) is 44.0 Å². The molecular weight excluding hydrogens is 310 g/mol. The van der Waals surface area contributed by atoms with E-state index in [0.29, 0.717) is 17.8 Å². The number of hydrogen-bond donors (Lipinski definition) is 2. The smallest absolute Gasteiger partial charge is 0.287 e. The number of furan rings is 1. The standard InChI is InChI=1S/C14H16BrNO3/c1-9(3-2-6-17)16-14(18)13-8-10-7-11(15)4-5-12(10)19-13/h4-5,7-9,17H,2-3,6H2,1H3,(H,16,18). The molecule has 1 atom stereocenters. The Morgan fingerprint density at radius 2 is 2.26 bits per heavy atom. The van der Waals surface area contributed by atoms with Crippen LogP contribution < -0.4 is 5.32 Å². The van der Waals surface area contributed by atoms with Crippen LogP contribution in [0.4, 0.5) is 0 Å². The number of carbonyl (C=O) groups is 1. The van der Waals surface area contributed by atoms with Crippen molar-refractivity contribution in [3.8, 4) is 0 Å². The summed E-state index contributed by atoms with van der Waals surface area (Å²) in [4.78, 5) is 12.0. The first-order valence-corrected chi connectivity index (χ1v) is 7.00. The Balaban J connectivity index is 2.08. The molecule has 0 radical (unpaired) electrons. The van der Waals surface area contributed by atoms with E-state index < -0.39 is 0 Å². The molecule has 102 valence electrons. The second kappa shape index (κ2) is 6.21. The number of fused-ring (bicyclic) bond motifs is 1. The van der Waals surface area contributed by atoms with Crippen molar-refractivity contribution in [3.05, 3.63) is 34.5 Å². The fourth-order valence-electron chi connectivity index (χ4n) is 1.89. The Morgan fingerprint density at radius 3 is 3.00 bits per heavy atom. The maximum atomic E-state index is 12.0. The number of hydrogen-bond acceptors (Lipinski definition) is 3. The van der Waals surface area contributed by atoms with E-state index in [-0.39, 0.29) is 18.6 Å². The van der Waals surface area contributed by atoms with Gasteiger partial charge in [0.15, 0.2) is 5.76 Å². The lowest BCUT2D eigenvalue weighted by molar-refractivity contribution is 0.0910. The third-order valence-electron chi connectivity index (χ3n) is 2.87. The molecule has 4 nitrogen and oxygen atoms in total. The summed E-state index contributed by atoms with van der Waals surface area (Å²) in [5.41, 5.74) is 0.691. The summed E-state index contributed by atoms with van der Waals surface area (Å²) in [5, 5.41) is 12.5. The third-order valence-corrected chi connectivity index (χ3v) is 3.37. The van der Waals surface area contributed by atoms with E-state index in [1.54, 1.807) is 6.07 Å². The number of rotatable bonds is 5. The Hall–Kier alpha value is -1.33. The molecule has 0 saturated carbocycles. The molecule has 1 heterocycles. The predicted octanol–water partition coefficient (Wildman–Crippen LogP) is 3.09. The minimum absolute atomic E-state index is 0.0135. The maximum absolute atomic E-state index is 12.0. The Labute approximate surface area is 119 Å². The van der Waals surface area contributed by atoms with Crippen LogP contribution in [0.2, 0.25) is 0 Å². The van der Waals surface area contributed by atoms with E-state index in [0.717, 1.165) is 16.3 Å². The quantitative estimate of drug-likeness (QED) is 0.887. The average molecular weight is 326 g/mol. The second-order valence-electron chi connectivity index (χ2n) is 4.53. The van der Waals surface area contributed by atoms with Crippen LogP contribution in [0.15, 0.2) is 33.2 Å². The zero-order valence-electron chi connectivity index (χ0n) is 10.6. The number of carbonyl (C=O) groups excluding carboxylic acids is 1. The van der Waals surface area contributed by atoms with Crippen LogP contribution in [0.25, 0.3) is 11.0 Å². The van der Waals surface area contributed by atoms with E-state index in [2.05, 4.69) is 21.2 Å². The molecule has 2 N–H and O–H groups in total. The zero-order chi connectivity index (χ0) is 13.8. The number of nitrogens with one attached hydrogen (secondary N) is 1. The van der Waals surface area contributed by atoms with Gasteiger partial charge in [0.25, 0.3) is 5.91 Å². The van der Waals surface area contributed by atoms with Crippen molar-refractivity contribution >= 4 is 32.8 Å². The van der Waals surface area contributed by atoms with Gasteiger partial charge in [0.05, 0.1) is 0 Å². The van der Waals surface area contributed by atoms with Gasteiger partial charge in [-0.2, -0.15) is 0 Å². The van der Waals surface area contributed by atoms with Crippen molar-refractivity contribution in [1.29, 1.82) is 0 Å². The van der Waals surface area contributed by atoms with Crippen LogP contribution in [0.3, 0.4) is 0 Å². The van der Waals surface area contributed by atoms with Crippen molar-refractivity contribution in [2.24, 2.45) is 0 Å². The van der Waals surface area contributed by atoms with E-state index >= 15 is 0 Å². The number of halogens is 1. The normalized spacial score (nSPS) is 12.6. The fourth-order valence-corrected chi connectivity index (χ4v) is 2.27. The Kier molecular flexibility index (Phi) is 4.61. The predicted molar refractivity (Wildman–Crippen MR) is 77.2 cm³/mol. The molecule has 1 amide bonds. The minimum atomic E-state index is -0.224. The molecule has 1 unspecified atom stereocenters. The summed E-state index contributed by atoms with van der Waals surface area (Å²) in [5.74, 6) is 0.0849. The largest absolute Gasteiger partial charge is 0.451 e. The molecule has 5 heteroatoms. The second-order valence-corrected chi connectivity index (χ2v) is 5.45. The first-order chi connectivity index (χ1) is 9.10. The maximum Gasteiger partial charge on any atom is 0.287 e. The molecule has 19 heavy (non-hydrogen) atoms. The highest BCUT2D eigenvalue weighted by molar-refractivity contribution is 9.10. The molecule has 0 saturated heterocycles. The van der Waals surface area contributed by atoms with Gasteiger partial charge in [0.1, 0.15) is 5.58 Å². The van der Waals surface area contributed by atoms with Crippen molar-refractivity contribution in [3.63, 3.8) is 0 Å². The SMILES string of the molecule is CC(CCCO)NC(=O)c1cc2cc(Br)ccc2o1. The molecule has 0 bridgehead atoms. The van der Waals surface area contributed by atoms with Gasteiger partial charge < -0.3 is 14.8 Å². The Bertz CT molecular complexity index is 579. The van der Waals surface area contributed by atoms with Gasteiger partial charge in [0, 0.05) is 22.5 Å². The first-order valence-electron chi connectivity index (χ1n) is 6.21. The number of aliphatic hydroxyl groups is 1. The van der Waals surface area contributed by atoms with E-state index in [9.17, 15) is 4.79 Å². The highest BCUT2D eigenvalue weighted by atomic mass is 79.9. The minimum Gasteiger partial charge on any atom is -0.451 e. The third kappa shape index (κ3) is 3.58. The average Bonchev–Trinajstić information content (AvgIpc) is 2.79. The zero-order valence-corrected chi connectivity index (χ0v) is 12.2. The topological polar surface area (TPSA) is 62.5 Å². The molecule has 0 spiro atoms. The lowest BCUT2D eigenvalue weighted by Gasteiger charge is -2.11. The molecule has 0 aliphatic carbocycles. The van der Waals surface area contributed by atoms with Gasteiger partial charge in [-0.3, -0.25) is 4.79 Å². The van der Waals surface area contributed by atoms with Crippen LogP contribution in [-0.4, -0.2) is 23.7 Å². The number of benzene rings is 1.